The van der Waals surface area contributed by atoms with Crippen LogP contribution in [0.1, 0.15) is 98.8 Å². The molecule has 1 heterocycles. The second-order valence-electron chi connectivity index (χ2n) is 14.9. The van der Waals surface area contributed by atoms with E-state index in [2.05, 4.69) is 34.6 Å². The Balaban J connectivity index is 3.09. The van der Waals surface area contributed by atoms with Crippen LogP contribution in [-0.2, 0) is 75.8 Å². The molecular weight excluding hydrogens is 808 g/mol. The number of hydrogen-bond acceptors (Lipinski definition) is 16. The van der Waals surface area contributed by atoms with Crippen LogP contribution in [0.25, 0.3) is 0 Å². The largest absolute Gasteiger partial charge is 0.379 e. The van der Waals surface area contributed by atoms with Crippen LogP contribution in [0, 0.1) is 0 Å². The molecule has 0 aromatic rings. The van der Waals surface area contributed by atoms with Gasteiger partial charge < -0.3 is 75.8 Å². The van der Waals surface area contributed by atoms with Gasteiger partial charge in [0.15, 0.2) is 6.29 Å². The molecule has 0 bridgehead atoms. The van der Waals surface area contributed by atoms with Gasteiger partial charge in [0, 0.05) is 33.0 Å². The molecule has 0 aromatic carbocycles. The third kappa shape index (κ3) is 35.6. The van der Waals surface area contributed by atoms with Gasteiger partial charge in [-0.05, 0) is 32.1 Å². The Morgan fingerprint density at radius 3 is 0.855 bits per heavy atom. The molecule has 1 rings (SSSR count). The van der Waals surface area contributed by atoms with Crippen LogP contribution >= 0.6 is 0 Å². The molecule has 1 saturated heterocycles. The van der Waals surface area contributed by atoms with E-state index in [4.69, 9.17) is 75.8 Å². The van der Waals surface area contributed by atoms with Crippen molar-refractivity contribution in [3.63, 3.8) is 0 Å². The lowest BCUT2D eigenvalue weighted by Crippen LogP contribution is -2.62. The van der Waals surface area contributed by atoms with Gasteiger partial charge in [0.05, 0.1) is 139 Å². The number of rotatable bonds is 51. The third-order valence-electron chi connectivity index (χ3n) is 9.44. The van der Waals surface area contributed by atoms with E-state index >= 15 is 0 Å². The lowest BCUT2D eigenvalue weighted by Gasteiger charge is -2.45. The van der Waals surface area contributed by atoms with E-state index in [9.17, 15) is 0 Å². The standard InChI is InChI=1S/C46H92O16/c1-6-11-16-47-21-26-52-31-32-57-41-42-43(58-37-33-53-27-22-48-17-12-7-2)44(59-38-34-54-28-23-49-18-13-8-3)45(60-39-35-55-29-24-50-19-14-9-4)46(62-42)61-40-36-56-30-25-51-20-15-10-5/h42-46H,6-41H2,1-5H3/t42-,43-,44+,45-,46?/m1/s1. The van der Waals surface area contributed by atoms with Gasteiger partial charge in [0.2, 0.25) is 0 Å². The minimum Gasteiger partial charge on any atom is -0.379 e. The minimum absolute atomic E-state index is 0.206. The molecule has 0 radical (unpaired) electrons. The van der Waals surface area contributed by atoms with Gasteiger partial charge in [-0.3, -0.25) is 0 Å². The average Bonchev–Trinajstić information content (AvgIpc) is 3.28. The molecule has 1 fully saturated rings. The Hall–Kier alpha value is -0.640. The molecule has 1 aliphatic rings. The van der Waals surface area contributed by atoms with Crippen molar-refractivity contribution >= 4 is 0 Å². The maximum atomic E-state index is 6.67. The summed E-state index contributed by atoms with van der Waals surface area (Å²) in [6.07, 6.45) is 7.32. The van der Waals surface area contributed by atoms with Gasteiger partial charge in [-0.1, -0.05) is 66.7 Å². The van der Waals surface area contributed by atoms with Crippen LogP contribution in [0.4, 0.5) is 0 Å². The normalized spacial score (nSPS) is 19.2. The highest BCUT2D eigenvalue weighted by atomic mass is 16.7. The van der Waals surface area contributed by atoms with E-state index in [-0.39, 0.29) is 26.4 Å². The summed E-state index contributed by atoms with van der Waals surface area (Å²) in [5, 5.41) is 0. The van der Waals surface area contributed by atoms with Crippen molar-refractivity contribution in [2.45, 2.75) is 130 Å². The molecule has 16 nitrogen and oxygen atoms in total. The predicted octanol–water partition coefficient (Wildman–Crippen LogP) is 6.07. The fraction of sp³-hybridized carbons (Fsp3) is 1.00. The Morgan fingerprint density at radius 2 is 0.516 bits per heavy atom. The molecule has 0 saturated carbocycles. The highest BCUT2D eigenvalue weighted by Gasteiger charge is 2.49. The number of unbranched alkanes of at least 4 members (excludes halogenated alkanes) is 5. The molecule has 62 heavy (non-hydrogen) atoms. The first-order valence-electron chi connectivity index (χ1n) is 24.2. The SMILES string of the molecule is CCCCOCCOCCOC[C@H]1OC(OCCOCCOCCCC)[C@H](OCCOCCOCCCC)[C@@H](OCCOCCOCCCC)[C@@H]1OCCOCCOCCCC. The van der Waals surface area contributed by atoms with Gasteiger partial charge in [0.25, 0.3) is 0 Å². The lowest BCUT2D eigenvalue weighted by molar-refractivity contribution is -0.326. The van der Waals surface area contributed by atoms with Gasteiger partial charge in [-0.2, -0.15) is 0 Å². The van der Waals surface area contributed by atoms with E-state index in [1.54, 1.807) is 0 Å². The van der Waals surface area contributed by atoms with Gasteiger partial charge in [-0.25, -0.2) is 0 Å². The summed E-state index contributed by atoms with van der Waals surface area (Å²) in [5.74, 6) is 0. The lowest BCUT2D eigenvalue weighted by atomic mass is 9.98. The number of hydrogen-bond donors (Lipinski definition) is 0. The predicted molar refractivity (Wildman–Crippen MR) is 237 cm³/mol. The Morgan fingerprint density at radius 1 is 0.258 bits per heavy atom. The van der Waals surface area contributed by atoms with Crippen LogP contribution in [0.5, 0.6) is 0 Å². The second-order valence-corrected chi connectivity index (χ2v) is 14.9. The van der Waals surface area contributed by atoms with Crippen molar-refractivity contribution in [2.24, 2.45) is 0 Å². The first-order valence-corrected chi connectivity index (χ1v) is 24.2. The third-order valence-corrected chi connectivity index (χ3v) is 9.44. The summed E-state index contributed by atoms with van der Waals surface area (Å²) in [5.41, 5.74) is 0. The molecule has 1 aliphatic heterocycles. The number of ether oxygens (including phenoxy) is 16. The summed E-state index contributed by atoms with van der Waals surface area (Å²) in [7, 11) is 0. The van der Waals surface area contributed by atoms with Crippen molar-refractivity contribution < 1.29 is 75.8 Å². The molecule has 0 aliphatic carbocycles. The van der Waals surface area contributed by atoms with E-state index in [0.717, 1.165) is 97.2 Å². The Labute approximate surface area is 376 Å². The van der Waals surface area contributed by atoms with Crippen LogP contribution < -0.4 is 0 Å². The maximum absolute atomic E-state index is 6.67. The van der Waals surface area contributed by atoms with Crippen molar-refractivity contribution in [3.8, 4) is 0 Å². The van der Waals surface area contributed by atoms with E-state index in [1.807, 2.05) is 0 Å². The molecule has 0 spiro atoms. The quantitative estimate of drug-likeness (QED) is 0.0651. The van der Waals surface area contributed by atoms with Crippen molar-refractivity contribution in [1.82, 2.24) is 0 Å². The fourth-order valence-electron chi connectivity index (χ4n) is 5.83. The van der Waals surface area contributed by atoms with E-state index < -0.39 is 30.7 Å². The van der Waals surface area contributed by atoms with Crippen LogP contribution in [-0.4, -0.2) is 202 Å². The molecule has 16 heteroatoms. The molecule has 1 unspecified atom stereocenters. The summed E-state index contributed by atoms with van der Waals surface area (Å²) in [4.78, 5) is 0. The highest BCUT2D eigenvalue weighted by Crippen LogP contribution is 2.29. The van der Waals surface area contributed by atoms with Crippen LogP contribution in [0.15, 0.2) is 0 Å². The zero-order valence-electron chi connectivity index (χ0n) is 39.9. The Bertz CT molecular complexity index is 864. The van der Waals surface area contributed by atoms with Gasteiger partial charge in [-0.15, -0.1) is 0 Å². The zero-order chi connectivity index (χ0) is 44.7. The van der Waals surface area contributed by atoms with E-state index in [1.165, 1.54) is 0 Å². The van der Waals surface area contributed by atoms with Gasteiger partial charge >= 0.3 is 0 Å². The fourth-order valence-corrected chi connectivity index (χ4v) is 5.83. The molecule has 0 aromatic heterocycles. The smallest absolute Gasteiger partial charge is 0.187 e. The summed E-state index contributed by atoms with van der Waals surface area (Å²) in [6, 6.07) is 0. The topological polar surface area (TPSA) is 148 Å². The van der Waals surface area contributed by atoms with Crippen molar-refractivity contribution in [2.75, 3.05) is 172 Å². The average molecular weight is 901 g/mol. The Kier molecular flexibility index (Phi) is 46.3. The van der Waals surface area contributed by atoms with Gasteiger partial charge in [0.1, 0.15) is 24.4 Å². The zero-order valence-corrected chi connectivity index (χ0v) is 39.9. The molecule has 0 N–H and O–H groups in total. The van der Waals surface area contributed by atoms with Crippen molar-refractivity contribution in [3.05, 3.63) is 0 Å². The van der Waals surface area contributed by atoms with Crippen molar-refractivity contribution in [1.29, 1.82) is 0 Å². The summed E-state index contributed by atoms with van der Waals surface area (Å²) in [6.45, 7) is 22.9. The summed E-state index contributed by atoms with van der Waals surface area (Å²) >= 11 is 0. The second kappa shape index (κ2) is 48.3. The molecule has 5 atom stereocenters. The summed E-state index contributed by atoms with van der Waals surface area (Å²) < 4.78 is 96.4. The molecule has 372 valence electrons. The van der Waals surface area contributed by atoms with Crippen LogP contribution in [0.2, 0.25) is 0 Å². The monoisotopic (exact) mass is 901 g/mol. The molecule has 0 amide bonds. The molecular formula is C46H92O16. The van der Waals surface area contributed by atoms with Crippen LogP contribution in [0.3, 0.4) is 0 Å². The highest BCUT2D eigenvalue weighted by molar-refractivity contribution is 4.93. The maximum Gasteiger partial charge on any atom is 0.187 e. The first-order chi connectivity index (χ1) is 30.7. The van der Waals surface area contributed by atoms with E-state index in [0.29, 0.717) is 112 Å². The minimum atomic E-state index is -0.823. The first kappa shape index (κ1) is 59.4.